The Morgan fingerprint density at radius 2 is 1.76 bits per heavy atom. The number of halogens is 2. The monoisotopic (exact) mass is 521 g/mol. The molecule has 3 heterocycles. The maximum absolute atomic E-state index is 13.9. The molecule has 2 N–H and O–H groups in total. The van der Waals surface area contributed by atoms with E-state index >= 15 is 0 Å². The molecule has 198 valence electrons. The van der Waals surface area contributed by atoms with Gasteiger partial charge >= 0.3 is 0 Å². The van der Waals surface area contributed by atoms with Crippen molar-refractivity contribution >= 4 is 34.6 Å². The minimum Gasteiger partial charge on any atom is -0.369 e. The second kappa shape index (κ2) is 11.1. The molecule has 5 rings (SSSR count). The highest BCUT2D eigenvalue weighted by Gasteiger charge is 2.30. The van der Waals surface area contributed by atoms with E-state index in [0.717, 1.165) is 43.6 Å². The Morgan fingerprint density at radius 1 is 1.03 bits per heavy atom. The Bertz CT molecular complexity index is 1310. The number of aromatic nitrogens is 2. The average Bonchev–Trinajstić information content (AvgIpc) is 3.39. The van der Waals surface area contributed by atoms with Gasteiger partial charge in [-0.3, -0.25) is 9.63 Å². The molecule has 2 saturated heterocycles. The quantitative estimate of drug-likeness (QED) is 0.447. The third-order valence-electron chi connectivity index (χ3n) is 6.56. The first-order chi connectivity index (χ1) is 18.4. The molecule has 2 aliphatic heterocycles. The number of carbonyl (C=O) groups excluding carboxylic acids is 1. The van der Waals surface area contributed by atoms with Gasteiger partial charge in [-0.25, -0.2) is 23.8 Å². The number of likely N-dealkylation sites (N-methyl/N-ethyl adjacent to an activating group) is 1. The molecule has 0 spiro atoms. The summed E-state index contributed by atoms with van der Waals surface area (Å²) < 4.78 is 27.7. The van der Waals surface area contributed by atoms with Crippen LogP contribution < -0.4 is 20.6 Å². The largest absolute Gasteiger partial charge is 0.369 e. The molecule has 11 heteroatoms. The van der Waals surface area contributed by atoms with Gasteiger partial charge in [-0.05, 0) is 49.0 Å². The maximum Gasteiger partial charge on any atom is 0.247 e. The van der Waals surface area contributed by atoms with E-state index in [1.165, 1.54) is 24.5 Å². The van der Waals surface area contributed by atoms with Crippen LogP contribution in [-0.4, -0.2) is 60.6 Å². The van der Waals surface area contributed by atoms with Crippen molar-refractivity contribution in [1.29, 1.82) is 0 Å². The van der Waals surface area contributed by atoms with Crippen molar-refractivity contribution in [2.24, 2.45) is 0 Å². The van der Waals surface area contributed by atoms with Gasteiger partial charge in [0.05, 0.1) is 12.6 Å². The summed E-state index contributed by atoms with van der Waals surface area (Å²) in [6, 6.07) is 10.5. The van der Waals surface area contributed by atoms with Gasteiger partial charge in [-0.1, -0.05) is 6.58 Å². The number of piperazine rings is 1. The lowest BCUT2D eigenvalue weighted by atomic mass is 10.0. The summed E-state index contributed by atoms with van der Waals surface area (Å²) in [6.07, 6.45) is 3.17. The highest BCUT2D eigenvalue weighted by atomic mass is 19.1. The molecule has 38 heavy (non-hydrogen) atoms. The third kappa shape index (κ3) is 5.90. The zero-order valence-corrected chi connectivity index (χ0v) is 21.0. The lowest BCUT2D eigenvalue weighted by Crippen LogP contribution is -2.44. The van der Waals surface area contributed by atoms with Crippen molar-refractivity contribution in [2.45, 2.75) is 12.5 Å². The van der Waals surface area contributed by atoms with Gasteiger partial charge in [0.2, 0.25) is 5.91 Å². The Hall–Kier alpha value is -4.09. The van der Waals surface area contributed by atoms with Crippen LogP contribution in [0.2, 0.25) is 0 Å². The molecular weight excluding hydrogens is 492 g/mol. The van der Waals surface area contributed by atoms with Gasteiger partial charge < -0.3 is 20.4 Å². The van der Waals surface area contributed by atoms with Crippen molar-refractivity contribution < 1.29 is 18.4 Å². The van der Waals surface area contributed by atoms with Crippen LogP contribution in [0.15, 0.2) is 61.4 Å². The number of nitrogens with one attached hydrogen (secondary N) is 2. The third-order valence-corrected chi connectivity index (χ3v) is 6.56. The summed E-state index contributed by atoms with van der Waals surface area (Å²) in [5.74, 6) is -0.647. The number of hydroxylamine groups is 1. The lowest BCUT2D eigenvalue weighted by Gasteiger charge is -2.34. The van der Waals surface area contributed by atoms with Gasteiger partial charge in [0.15, 0.2) is 5.82 Å². The number of hydrogen-bond acceptors (Lipinski definition) is 8. The second-order valence-corrected chi connectivity index (χ2v) is 9.30. The van der Waals surface area contributed by atoms with Crippen molar-refractivity contribution in [2.75, 3.05) is 60.4 Å². The Kier molecular flexibility index (Phi) is 7.47. The highest BCUT2D eigenvalue weighted by Crippen LogP contribution is 2.35. The summed E-state index contributed by atoms with van der Waals surface area (Å²) in [4.78, 5) is 31.0. The standard InChI is InChI=1S/C27H29F2N7O2/c1-3-27(37)33-22-13-21(14-23(15-22)35-7-5-34(2)6-8-35)32-25-16-26(31-17-30-25)36-24(4-9-38-36)18-10-19(28)12-20(29)11-18/h3,10-17,24H,1,4-9H2,2H3,(H,33,37)(H,30,31,32)/t24-/m1/s1. The first kappa shape index (κ1) is 25.6. The number of hydrogen-bond donors (Lipinski definition) is 2. The Morgan fingerprint density at radius 3 is 2.50 bits per heavy atom. The molecule has 0 aliphatic carbocycles. The van der Waals surface area contributed by atoms with E-state index in [2.05, 4.69) is 44.0 Å². The van der Waals surface area contributed by atoms with E-state index in [0.29, 0.717) is 35.9 Å². The molecule has 0 bridgehead atoms. The van der Waals surface area contributed by atoms with E-state index in [4.69, 9.17) is 4.84 Å². The predicted molar refractivity (Wildman–Crippen MR) is 142 cm³/mol. The fourth-order valence-electron chi connectivity index (χ4n) is 4.65. The normalized spacial score (nSPS) is 17.9. The summed E-state index contributed by atoms with van der Waals surface area (Å²) in [7, 11) is 2.09. The lowest BCUT2D eigenvalue weighted by molar-refractivity contribution is -0.111. The Balaban J connectivity index is 1.40. The fourth-order valence-corrected chi connectivity index (χ4v) is 4.65. The van der Waals surface area contributed by atoms with Crippen LogP contribution >= 0.6 is 0 Å². The topological polar surface area (TPSA) is 85.9 Å². The van der Waals surface area contributed by atoms with Crippen LogP contribution in [0.4, 0.5) is 37.5 Å². The second-order valence-electron chi connectivity index (χ2n) is 9.30. The van der Waals surface area contributed by atoms with Crippen molar-refractivity contribution in [3.8, 4) is 0 Å². The van der Waals surface area contributed by atoms with Crippen LogP contribution in [-0.2, 0) is 9.63 Å². The molecule has 0 radical (unpaired) electrons. The average molecular weight is 522 g/mol. The van der Waals surface area contributed by atoms with Crippen LogP contribution in [0.5, 0.6) is 0 Å². The first-order valence-corrected chi connectivity index (χ1v) is 12.4. The zero-order valence-electron chi connectivity index (χ0n) is 21.0. The van der Waals surface area contributed by atoms with E-state index in [1.807, 2.05) is 18.2 Å². The molecule has 1 amide bonds. The van der Waals surface area contributed by atoms with Crippen molar-refractivity contribution in [3.63, 3.8) is 0 Å². The van der Waals surface area contributed by atoms with Crippen LogP contribution in [0.1, 0.15) is 18.0 Å². The number of rotatable bonds is 7. The molecule has 3 aromatic rings. The molecule has 0 saturated carbocycles. The number of carbonyl (C=O) groups is 1. The van der Waals surface area contributed by atoms with Gasteiger partial charge in [0.25, 0.3) is 0 Å². The molecular formula is C27H29F2N7O2. The minimum atomic E-state index is -0.642. The fraction of sp³-hybridized carbons (Fsp3) is 0.296. The van der Waals surface area contributed by atoms with Crippen LogP contribution in [0, 0.1) is 11.6 Å². The summed E-state index contributed by atoms with van der Waals surface area (Å²) in [6.45, 7) is 7.52. The molecule has 2 fully saturated rings. The minimum absolute atomic E-state index is 0.304. The number of nitrogens with zero attached hydrogens (tertiary/aromatic N) is 5. The van der Waals surface area contributed by atoms with E-state index in [1.54, 1.807) is 11.1 Å². The van der Waals surface area contributed by atoms with Gasteiger partial charge in [-0.2, -0.15) is 0 Å². The molecule has 1 atom stereocenters. The predicted octanol–water partition coefficient (Wildman–Crippen LogP) is 4.26. The van der Waals surface area contributed by atoms with Crippen LogP contribution in [0.3, 0.4) is 0 Å². The van der Waals surface area contributed by atoms with Gasteiger partial charge in [0.1, 0.15) is 23.8 Å². The van der Waals surface area contributed by atoms with Crippen molar-refractivity contribution in [1.82, 2.24) is 14.9 Å². The summed E-state index contributed by atoms with van der Waals surface area (Å²) in [5, 5.41) is 7.68. The summed E-state index contributed by atoms with van der Waals surface area (Å²) in [5.41, 5.74) is 2.78. The van der Waals surface area contributed by atoms with E-state index in [9.17, 15) is 13.6 Å². The van der Waals surface area contributed by atoms with Crippen molar-refractivity contribution in [3.05, 3.63) is 78.6 Å². The zero-order chi connectivity index (χ0) is 26.6. The van der Waals surface area contributed by atoms with Crippen LogP contribution in [0.25, 0.3) is 0 Å². The highest BCUT2D eigenvalue weighted by molar-refractivity contribution is 5.99. The maximum atomic E-state index is 13.9. The SMILES string of the molecule is C=CC(=O)Nc1cc(Nc2cc(N3OCC[C@@H]3c3cc(F)cc(F)c3)ncn2)cc(N2CCN(C)CC2)c1. The van der Waals surface area contributed by atoms with E-state index in [-0.39, 0.29) is 5.91 Å². The molecule has 1 aromatic heterocycles. The first-order valence-electron chi connectivity index (χ1n) is 12.4. The molecule has 9 nitrogen and oxygen atoms in total. The molecule has 2 aromatic carbocycles. The van der Waals surface area contributed by atoms with E-state index < -0.39 is 17.7 Å². The number of anilines is 5. The number of amides is 1. The van der Waals surface area contributed by atoms with Gasteiger partial charge in [0, 0.05) is 61.8 Å². The smallest absolute Gasteiger partial charge is 0.247 e. The molecule has 2 aliphatic rings. The Labute approximate surface area is 219 Å². The number of benzene rings is 2. The molecule has 0 unspecified atom stereocenters. The van der Waals surface area contributed by atoms with Gasteiger partial charge in [-0.15, -0.1) is 0 Å². The summed E-state index contributed by atoms with van der Waals surface area (Å²) >= 11 is 0.